The van der Waals surface area contributed by atoms with Gasteiger partial charge < -0.3 is 9.84 Å². The van der Waals surface area contributed by atoms with Crippen LogP contribution in [-0.4, -0.2) is 27.4 Å². The molecular formula is C16H14Cl2N2O3S. The van der Waals surface area contributed by atoms with E-state index in [1.807, 2.05) is 17.5 Å². The Morgan fingerprint density at radius 2 is 2.21 bits per heavy atom. The van der Waals surface area contributed by atoms with Crippen LogP contribution >= 0.6 is 34.5 Å². The quantitative estimate of drug-likeness (QED) is 0.707. The number of nitrogens with zero attached hydrogens (tertiary/aromatic N) is 2. The van der Waals surface area contributed by atoms with Crippen LogP contribution in [-0.2, 0) is 17.9 Å². The summed E-state index contributed by atoms with van der Waals surface area (Å²) >= 11 is 13.6. The van der Waals surface area contributed by atoms with Gasteiger partial charge in [0.15, 0.2) is 0 Å². The van der Waals surface area contributed by atoms with Gasteiger partial charge in [-0.15, -0.1) is 11.3 Å². The first-order valence-electron chi connectivity index (χ1n) is 7.17. The Morgan fingerprint density at radius 1 is 1.38 bits per heavy atom. The van der Waals surface area contributed by atoms with E-state index in [1.165, 1.54) is 23.0 Å². The number of aliphatic hydroxyl groups is 1. The van der Waals surface area contributed by atoms with Crippen molar-refractivity contribution in [1.29, 1.82) is 0 Å². The van der Waals surface area contributed by atoms with Gasteiger partial charge >= 0.3 is 0 Å². The molecule has 0 spiro atoms. The average Bonchev–Trinajstić information content (AvgIpc) is 3.04. The second-order valence-electron chi connectivity index (χ2n) is 5.23. The molecule has 3 rings (SSSR count). The molecule has 2 aromatic heterocycles. The van der Waals surface area contributed by atoms with Crippen LogP contribution in [0.25, 0.3) is 10.9 Å². The van der Waals surface area contributed by atoms with Gasteiger partial charge in [-0.1, -0.05) is 29.3 Å². The first kappa shape index (κ1) is 17.4. The fourth-order valence-corrected chi connectivity index (χ4v) is 3.48. The molecule has 0 saturated heterocycles. The van der Waals surface area contributed by atoms with E-state index in [-0.39, 0.29) is 18.7 Å². The molecule has 0 bridgehead atoms. The summed E-state index contributed by atoms with van der Waals surface area (Å²) in [7, 11) is 0. The zero-order chi connectivity index (χ0) is 17.1. The lowest BCUT2D eigenvalue weighted by molar-refractivity contribution is 0.0207. The van der Waals surface area contributed by atoms with Crippen LogP contribution in [0.2, 0.25) is 10.0 Å². The van der Waals surface area contributed by atoms with Crippen molar-refractivity contribution >= 4 is 45.4 Å². The summed E-state index contributed by atoms with van der Waals surface area (Å²) in [5.74, 6) is 0. The van der Waals surface area contributed by atoms with Crippen LogP contribution in [0.5, 0.6) is 0 Å². The number of fused-ring (bicyclic) bond motifs is 1. The minimum Gasteiger partial charge on any atom is -0.389 e. The summed E-state index contributed by atoms with van der Waals surface area (Å²) in [5, 5.41) is 13.0. The maximum absolute atomic E-state index is 12.5. The van der Waals surface area contributed by atoms with E-state index < -0.39 is 6.10 Å². The summed E-state index contributed by atoms with van der Waals surface area (Å²) in [6.45, 7) is 0.639. The molecule has 3 aromatic rings. The molecule has 0 aliphatic heterocycles. The molecule has 24 heavy (non-hydrogen) atoms. The lowest BCUT2D eigenvalue weighted by Gasteiger charge is -2.13. The van der Waals surface area contributed by atoms with Crippen molar-refractivity contribution in [2.75, 3.05) is 6.61 Å². The minimum absolute atomic E-state index is 0.0797. The Bertz CT molecular complexity index is 896. The third-order valence-electron chi connectivity index (χ3n) is 3.39. The Hall–Kier alpha value is -1.44. The van der Waals surface area contributed by atoms with Crippen molar-refractivity contribution < 1.29 is 9.84 Å². The SMILES string of the molecule is O=c1c2cc(Cl)cc(Cl)c2ncn1CC(O)COCc1cccs1. The van der Waals surface area contributed by atoms with Gasteiger partial charge in [0, 0.05) is 9.90 Å². The van der Waals surface area contributed by atoms with Gasteiger partial charge in [-0.25, -0.2) is 4.98 Å². The van der Waals surface area contributed by atoms with Crippen molar-refractivity contribution in [3.05, 3.63) is 61.2 Å². The van der Waals surface area contributed by atoms with Gasteiger partial charge in [0.2, 0.25) is 0 Å². The summed E-state index contributed by atoms with van der Waals surface area (Å²) < 4.78 is 6.79. The van der Waals surface area contributed by atoms with Gasteiger partial charge in [-0.2, -0.15) is 0 Å². The van der Waals surface area contributed by atoms with E-state index in [1.54, 1.807) is 11.3 Å². The smallest absolute Gasteiger partial charge is 0.261 e. The minimum atomic E-state index is -0.823. The third kappa shape index (κ3) is 3.96. The van der Waals surface area contributed by atoms with Crippen LogP contribution in [0, 0.1) is 0 Å². The number of hydrogen-bond donors (Lipinski definition) is 1. The second-order valence-corrected chi connectivity index (χ2v) is 7.11. The van der Waals surface area contributed by atoms with Gasteiger partial charge in [0.1, 0.15) is 0 Å². The summed E-state index contributed by atoms with van der Waals surface area (Å²) in [5.41, 5.74) is 0.0902. The zero-order valence-electron chi connectivity index (χ0n) is 12.5. The van der Waals surface area contributed by atoms with Crippen molar-refractivity contribution in [3.63, 3.8) is 0 Å². The topological polar surface area (TPSA) is 64.4 Å². The summed E-state index contributed by atoms with van der Waals surface area (Å²) in [4.78, 5) is 17.7. The molecule has 0 saturated carbocycles. The molecule has 1 atom stereocenters. The van der Waals surface area contributed by atoms with E-state index in [2.05, 4.69) is 4.98 Å². The molecule has 1 N–H and O–H groups in total. The number of ether oxygens (including phenoxy) is 1. The van der Waals surface area contributed by atoms with Crippen LogP contribution < -0.4 is 5.56 Å². The molecule has 2 heterocycles. The van der Waals surface area contributed by atoms with E-state index in [4.69, 9.17) is 27.9 Å². The fourth-order valence-electron chi connectivity index (χ4n) is 2.29. The monoisotopic (exact) mass is 384 g/mol. The first-order chi connectivity index (χ1) is 11.5. The Balaban J connectivity index is 1.70. The van der Waals surface area contributed by atoms with Gasteiger partial charge in [0.25, 0.3) is 5.56 Å². The van der Waals surface area contributed by atoms with E-state index >= 15 is 0 Å². The fraction of sp³-hybridized carbons (Fsp3) is 0.250. The van der Waals surface area contributed by atoms with Crippen LogP contribution in [0.4, 0.5) is 0 Å². The summed E-state index contributed by atoms with van der Waals surface area (Å²) in [6.07, 6.45) is 0.545. The van der Waals surface area contributed by atoms with Crippen molar-refractivity contribution in [3.8, 4) is 0 Å². The normalized spacial score (nSPS) is 12.6. The molecule has 8 heteroatoms. The van der Waals surface area contributed by atoms with Crippen molar-refractivity contribution in [1.82, 2.24) is 9.55 Å². The maximum atomic E-state index is 12.5. The number of halogens is 2. The molecule has 0 radical (unpaired) electrons. The standard InChI is InChI=1S/C16H14Cl2N2O3S/c17-10-4-13-15(14(18)5-10)19-9-20(16(13)22)6-11(21)7-23-8-12-2-1-3-24-12/h1-5,9,11,21H,6-8H2. The Labute approximate surface area is 152 Å². The van der Waals surface area contributed by atoms with E-state index in [9.17, 15) is 9.90 Å². The van der Waals surface area contributed by atoms with Crippen LogP contribution in [0.3, 0.4) is 0 Å². The predicted molar refractivity (Wildman–Crippen MR) is 96.0 cm³/mol. The first-order valence-corrected chi connectivity index (χ1v) is 8.80. The number of thiophene rings is 1. The van der Waals surface area contributed by atoms with E-state index in [0.29, 0.717) is 27.6 Å². The number of rotatable bonds is 6. The van der Waals surface area contributed by atoms with Crippen molar-refractivity contribution in [2.45, 2.75) is 19.3 Å². The average molecular weight is 385 g/mol. The molecule has 0 aliphatic carbocycles. The Kier molecular flexibility index (Phi) is 5.53. The zero-order valence-corrected chi connectivity index (χ0v) is 14.8. The molecule has 1 aromatic carbocycles. The highest BCUT2D eigenvalue weighted by Crippen LogP contribution is 2.23. The van der Waals surface area contributed by atoms with Crippen molar-refractivity contribution in [2.24, 2.45) is 0 Å². The largest absolute Gasteiger partial charge is 0.389 e. The number of aromatic nitrogens is 2. The summed E-state index contributed by atoms with van der Waals surface area (Å²) in [6, 6.07) is 6.96. The highest BCUT2D eigenvalue weighted by molar-refractivity contribution is 7.09. The molecule has 126 valence electrons. The predicted octanol–water partition coefficient (Wildman–Crippen LogP) is 3.34. The van der Waals surface area contributed by atoms with Gasteiger partial charge in [-0.05, 0) is 23.6 Å². The maximum Gasteiger partial charge on any atom is 0.261 e. The lowest BCUT2D eigenvalue weighted by Crippen LogP contribution is -2.29. The van der Waals surface area contributed by atoms with Crippen LogP contribution in [0.15, 0.2) is 40.8 Å². The molecule has 0 amide bonds. The molecule has 1 unspecified atom stereocenters. The second kappa shape index (κ2) is 7.63. The lowest BCUT2D eigenvalue weighted by atomic mass is 10.2. The van der Waals surface area contributed by atoms with Gasteiger partial charge in [-0.3, -0.25) is 9.36 Å². The van der Waals surface area contributed by atoms with Crippen LogP contribution in [0.1, 0.15) is 4.88 Å². The number of aliphatic hydroxyl groups excluding tert-OH is 1. The number of hydrogen-bond acceptors (Lipinski definition) is 5. The number of benzene rings is 1. The molecule has 5 nitrogen and oxygen atoms in total. The third-order valence-corrected chi connectivity index (χ3v) is 4.74. The van der Waals surface area contributed by atoms with E-state index in [0.717, 1.165) is 4.88 Å². The highest BCUT2D eigenvalue weighted by Gasteiger charge is 2.12. The Morgan fingerprint density at radius 3 is 2.96 bits per heavy atom. The highest BCUT2D eigenvalue weighted by atomic mass is 35.5. The molecular weight excluding hydrogens is 371 g/mol. The molecule has 0 fully saturated rings. The van der Waals surface area contributed by atoms with Gasteiger partial charge in [0.05, 0.1) is 48.1 Å². The molecule has 0 aliphatic rings.